The smallest absolute Gasteiger partial charge is 0.335 e. The normalized spacial score (nSPS) is 12.8. The highest BCUT2D eigenvalue weighted by Gasteiger charge is 2.13. The first-order valence-corrected chi connectivity index (χ1v) is 7.39. The van der Waals surface area contributed by atoms with Crippen molar-refractivity contribution in [2.45, 2.75) is 26.0 Å². The van der Waals surface area contributed by atoms with Crippen LogP contribution >= 0.6 is 0 Å². The molecule has 1 atom stereocenters. The second-order valence-electron chi connectivity index (χ2n) is 5.54. The molecule has 0 aliphatic carbocycles. The summed E-state index contributed by atoms with van der Waals surface area (Å²) in [5.74, 6) is -0.899. The van der Waals surface area contributed by atoms with E-state index in [1.807, 2.05) is 25.1 Å². The number of benzene rings is 2. The molecule has 0 amide bonds. The number of carbonyl (C=O) groups is 1. The van der Waals surface area contributed by atoms with Crippen molar-refractivity contribution in [1.82, 2.24) is 4.57 Å². The molecule has 0 bridgehead atoms. The van der Waals surface area contributed by atoms with E-state index >= 15 is 0 Å². The highest BCUT2D eigenvalue weighted by Crippen LogP contribution is 2.30. The molecule has 0 saturated heterocycles. The summed E-state index contributed by atoms with van der Waals surface area (Å²) in [5, 5.41) is 11.5. The van der Waals surface area contributed by atoms with E-state index in [0.717, 1.165) is 34.8 Å². The molecule has 22 heavy (non-hydrogen) atoms. The molecule has 0 spiro atoms. The third kappa shape index (κ3) is 2.46. The van der Waals surface area contributed by atoms with Gasteiger partial charge in [-0.25, -0.2) is 4.79 Å². The van der Waals surface area contributed by atoms with Gasteiger partial charge in [-0.1, -0.05) is 24.3 Å². The predicted molar refractivity (Wildman–Crippen MR) is 87.5 cm³/mol. The number of carboxylic acid groups (broad SMARTS) is 1. The summed E-state index contributed by atoms with van der Waals surface area (Å²) in [6.45, 7) is 2.83. The van der Waals surface area contributed by atoms with E-state index in [0.29, 0.717) is 5.56 Å². The lowest BCUT2D eigenvalue weighted by Crippen LogP contribution is -2.09. The molecule has 1 aromatic heterocycles. The van der Waals surface area contributed by atoms with E-state index in [1.54, 1.807) is 19.2 Å². The molecular formula is C18H19NO3. The maximum atomic E-state index is 11.3. The van der Waals surface area contributed by atoms with Gasteiger partial charge in [0, 0.05) is 35.5 Å². The standard InChI is InChI=1S/C18H19NO3/c1-12(22-2)9-10-19-16-6-4-3-5-14(16)15-8-7-13(18(20)21)11-17(15)19/h3-8,11-12H,9-10H2,1-2H3,(H,20,21). The number of hydrogen-bond acceptors (Lipinski definition) is 2. The number of fused-ring (bicyclic) bond motifs is 3. The van der Waals surface area contributed by atoms with Crippen molar-refractivity contribution in [3.8, 4) is 0 Å². The maximum absolute atomic E-state index is 11.3. The van der Waals surface area contributed by atoms with Crippen molar-refractivity contribution in [2.24, 2.45) is 0 Å². The summed E-state index contributed by atoms with van der Waals surface area (Å²) in [6.07, 6.45) is 1.04. The van der Waals surface area contributed by atoms with E-state index in [-0.39, 0.29) is 6.10 Å². The number of aryl methyl sites for hydroxylation is 1. The third-order valence-electron chi connectivity index (χ3n) is 4.18. The van der Waals surface area contributed by atoms with Gasteiger partial charge in [-0.2, -0.15) is 0 Å². The summed E-state index contributed by atoms with van der Waals surface area (Å²) in [4.78, 5) is 11.3. The van der Waals surface area contributed by atoms with E-state index < -0.39 is 5.97 Å². The Labute approximate surface area is 128 Å². The molecule has 0 fully saturated rings. The van der Waals surface area contributed by atoms with Gasteiger partial charge in [-0.15, -0.1) is 0 Å². The first-order chi connectivity index (χ1) is 10.6. The van der Waals surface area contributed by atoms with Crippen LogP contribution in [0.4, 0.5) is 0 Å². The molecule has 2 aromatic carbocycles. The number of nitrogens with zero attached hydrogens (tertiary/aromatic N) is 1. The zero-order valence-electron chi connectivity index (χ0n) is 12.7. The molecule has 3 aromatic rings. The second-order valence-corrected chi connectivity index (χ2v) is 5.54. The monoisotopic (exact) mass is 297 g/mol. The van der Waals surface area contributed by atoms with Crippen LogP contribution in [-0.2, 0) is 11.3 Å². The Morgan fingerprint density at radius 2 is 1.91 bits per heavy atom. The van der Waals surface area contributed by atoms with Crippen molar-refractivity contribution >= 4 is 27.8 Å². The van der Waals surface area contributed by atoms with Crippen LogP contribution in [0.25, 0.3) is 21.8 Å². The number of aromatic nitrogens is 1. The van der Waals surface area contributed by atoms with Crippen molar-refractivity contribution in [1.29, 1.82) is 0 Å². The van der Waals surface area contributed by atoms with Gasteiger partial charge in [-0.3, -0.25) is 0 Å². The van der Waals surface area contributed by atoms with Gasteiger partial charge in [0.2, 0.25) is 0 Å². The van der Waals surface area contributed by atoms with E-state index in [4.69, 9.17) is 4.74 Å². The lowest BCUT2D eigenvalue weighted by atomic mass is 10.1. The second kappa shape index (κ2) is 5.81. The molecule has 3 rings (SSSR count). The zero-order chi connectivity index (χ0) is 15.7. The number of ether oxygens (including phenoxy) is 1. The highest BCUT2D eigenvalue weighted by atomic mass is 16.5. The first-order valence-electron chi connectivity index (χ1n) is 7.39. The number of methoxy groups -OCH3 is 1. The summed E-state index contributed by atoms with van der Waals surface area (Å²) < 4.78 is 7.51. The Kier molecular flexibility index (Phi) is 3.86. The number of para-hydroxylation sites is 1. The van der Waals surface area contributed by atoms with Gasteiger partial charge in [0.25, 0.3) is 0 Å². The summed E-state index contributed by atoms with van der Waals surface area (Å²) >= 11 is 0. The van der Waals surface area contributed by atoms with E-state index in [9.17, 15) is 9.90 Å². The average Bonchev–Trinajstić information content (AvgIpc) is 2.85. The van der Waals surface area contributed by atoms with Crippen molar-refractivity contribution in [2.75, 3.05) is 7.11 Å². The highest BCUT2D eigenvalue weighted by molar-refractivity contribution is 6.09. The van der Waals surface area contributed by atoms with Crippen LogP contribution in [-0.4, -0.2) is 28.9 Å². The molecule has 0 aliphatic rings. The van der Waals surface area contributed by atoms with Crippen LogP contribution in [0, 0.1) is 0 Å². The SMILES string of the molecule is COC(C)CCn1c2ccccc2c2ccc(C(=O)O)cc21. The lowest BCUT2D eigenvalue weighted by molar-refractivity contribution is 0.0697. The van der Waals surface area contributed by atoms with E-state index in [1.165, 1.54) is 0 Å². The fraction of sp³-hybridized carbons (Fsp3) is 0.278. The molecule has 1 heterocycles. The molecular weight excluding hydrogens is 278 g/mol. The Morgan fingerprint density at radius 1 is 1.18 bits per heavy atom. The topological polar surface area (TPSA) is 51.5 Å². The quantitative estimate of drug-likeness (QED) is 0.776. The fourth-order valence-corrected chi connectivity index (χ4v) is 2.85. The lowest BCUT2D eigenvalue weighted by Gasteiger charge is -2.12. The average molecular weight is 297 g/mol. The third-order valence-corrected chi connectivity index (χ3v) is 4.18. The van der Waals surface area contributed by atoms with Gasteiger partial charge in [0.05, 0.1) is 11.7 Å². The first kappa shape index (κ1) is 14.6. The number of carboxylic acids is 1. The Morgan fingerprint density at radius 3 is 2.64 bits per heavy atom. The van der Waals surface area contributed by atoms with E-state index in [2.05, 4.69) is 16.7 Å². The van der Waals surface area contributed by atoms with Gasteiger partial charge in [0.1, 0.15) is 0 Å². The van der Waals surface area contributed by atoms with Crippen LogP contribution in [0.2, 0.25) is 0 Å². The predicted octanol–water partition coefficient (Wildman–Crippen LogP) is 3.92. The van der Waals surface area contributed by atoms with Crippen LogP contribution < -0.4 is 0 Å². The van der Waals surface area contributed by atoms with Gasteiger partial charge < -0.3 is 14.4 Å². The van der Waals surface area contributed by atoms with Crippen LogP contribution in [0.15, 0.2) is 42.5 Å². The minimum atomic E-state index is -0.899. The largest absolute Gasteiger partial charge is 0.478 e. The molecule has 0 aliphatic heterocycles. The Bertz CT molecular complexity index is 835. The zero-order valence-corrected chi connectivity index (χ0v) is 12.7. The van der Waals surface area contributed by atoms with Crippen LogP contribution in [0.3, 0.4) is 0 Å². The molecule has 114 valence electrons. The summed E-state index contributed by atoms with van der Waals surface area (Å²) in [7, 11) is 1.71. The van der Waals surface area contributed by atoms with Crippen molar-refractivity contribution in [3.63, 3.8) is 0 Å². The van der Waals surface area contributed by atoms with Gasteiger partial charge in [-0.05, 0) is 31.5 Å². The van der Waals surface area contributed by atoms with Gasteiger partial charge >= 0.3 is 5.97 Å². The molecule has 1 N–H and O–H groups in total. The van der Waals surface area contributed by atoms with Gasteiger partial charge in [0.15, 0.2) is 0 Å². The molecule has 0 radical (unpaired) electrons. The fourth-order valence-electron chi connectivity index (χ4n) is 2.85. The Balaban J connectivity index is 2.19. The van der Waals surface area contributed by atoms with Crippen LogP contribution in [0.1, 0.15) is 23.7 Å². The minimum Gasteiger partial charge on any atom is -0.478 e. The maximum Gasteiger partial charge on any atom is 0.335 e. The summed E-state index contributed by atoms with van der Waals surface area (Å²) in [5.41, 5.74) is 2.41. The van der Waals surface area contributed by atoms with Crippen LogP contribution in [0.5, 0.6) is 0 Å². The summed E-state index contributed by atoms with van der Waals surface area (Å²) in [6, 6.07) is 13.5. The van der Waals surface area contributed by atoms with Crippen molar-refractivity contribution in [3.05, 3.63) is 48.0 Å². The number of hydrogen-bond donors (Lipinski definition) is 1. The molecule has 4 heteroatoms. The molecule has 1 unspecified atom stereocenters. The Hall–Kier alpha value is -2.33. The number of aromatic carboxylic acids is 1. The number of rotatable bonds is 5. The van der Waals surface area contributed by atoms with Crippen molar-refractivity contribution < 1.29 is 14.6 Å². The molecule has 4 nitrogen and oxygen atoms in total. The minimum absolute atomic E-state index is 0.166. The molecule has 0 saturated carbocycles.